The van der Waals surface area contributed by atoms with Crippen LogP contribution in [-0.2, 0) is 4.74 Å². The molecule has 0 bridgehead atoms. The maximum Gasteiger partial charge on any atom is 0.106 e. The number of ether oxygens (including phenoxy) is 1. The van der Waals surface area contributed by atoms with Crippen molar-refractivity contribution in [2.45, 2.75) is 25.4 Å². The zero-order valence-corrected chi connectivity index (χ0v) is 12.6. The predicted octanol–water partition coefficient (Wildman–Crippen LogP) is 2.98. The molecule has 1 aliphatic rings. The van der Waals surface area contributed by atoms with Crippen LogP contribution in [0, 0.1) is 0 Å². The van der Waals surface area contributed by atoms with E-state index in [9.17, 15) is 0 Å². The molecule has 2 N–H and O–H groups in total. The van der Waals surface area contributed by atoms with Crippen LogP contribution in [-0.4, -0.2) is 31.3 Å². The van der Waals surface area contributed by atoms with Crippen LogP contribution in [0.1, 0.15) is 24.8 Å². The van der Waals surface area contributed by atoms with Gasteiger partial charge in [-0.15, -0.1) is 0 Å². The lowest BCUT2D eigenvalue weighted by molar-refractivity contribution is 0.0216. The maximum atomic E-state index is 6.00. The Kier molecular flexibility index (Phi) is 5.02. The van der Waals surface area contributed by atoms with Crippen molar-refractivity contribution in [2.75, 3.05) is 25.1 Å². The summed E-state index contributed by atoms with van der Waals surface area (Å²) < 4.78 is 5.76. The van der Waals surface area contributed by atoms with Gasteiger partial charge in [0, 0.05) is 36.5 Å². The molecule has 1 fully saturated rings. The highest BCUT2D eigenvalue weighted by Crippen LogP contribution is 2.25. The Hall–Kier alpha value is -0.840. The summed E-state index contributed by atoms with van der Waals surface area (Å²) in [5, 5.41) is 0.647. The maximum absolute atomic E-state index is 6.00. The van der Waals surface area contributed by atoms with Gasteiger partial charge in [-0.2, -0.15) is 0 Å². The summed E-state index contributed by atoms with van der Waals surface area (Å²) in [5.41, 5.74) is 7.60. The smallest absolute Gasteiger partial charge is 0.106 e. The molecule has 1 aromatic rings. The zero-order chi connectivity index (χ0) is 13.8. The Morgan fingerprint density at radius 3 is 2.95 bits per heavy atom. The quantitative estimate of drug-likeness (QED) is 0.867. The van der Waals surface area contributed by atoms with E-state index in [0.717, 1.165) is 30.8 Å². The third kappa shape index (κ3) is 3.81. The SMILES string of the molecule is CN(CC1CCCCO1)c1ccc(Cl)cc1C(N)=S. The highest BCUT2D eigenvalue weighted by Gasteiger charge is 2.18. The summed E-state index contributed by atoms with van der Waals surface area (Å²) in [7, 11) is 2.03. The lowest BCUT2D eigenvalue weighted by Crippen LogP contribution is -2.34. The molecule has 19 heavy (non-hydrogen) atoms. The lowest BCUT2D eigenvalue weighted by Gasteiger charge is -2.29. The molecule has 104 valence electrons. The first-order valence-electron chi connectivity index (χ1n) is 6.50. The number of anilines is 1. The van der Waals surface area contributed by atoms with Gasteiger partial charge in [-0.25, -0.2) is 0 Å². The van der Waals surface area contributed by atoms with E-state index < -0.39 is 0 Å². The molecule has 2 rings (SSSR count). The lowest BCUT2D eigenvalue weighted by atomic mass is 10.1. The van der Waals surface area contributed by atoms with E-state index in [4.69, 9.17) is 34.3 Å². The number of nitrogens with zero attached hydrogens (tertiary/aromatic N) is 1. The Labute approximate surface area is 124 Å². The van der Waals surface area contributed by atoms with E-state index in [-0.39, 0.29) is 6.10 Å². The van der Waals surface area contributed by atoms with Gasteiger partial charge in [0.1, 0.15) is 4.99 Å². The Morgan fingerprint density at radius 2 is 2.32 bits per heavy atom. The van der Waals surface area contributed by atoms with Gasteiger partial charge in [-0.1, -0.05) is 23.8 Å². The first kappa shape index (κ1) is 14.6. The normalized spacial score (nSPS) is 19.2. The van der Waals surface area contributed by atoms with Crippen molar-refractivity contribution in [3.05, 3.63) is 28.8 Å². The monoisotopic (exact) mass is 298 g/mol. The van der Waals surface area contributed by atoms with E-state index in [0.29, 0.717) is 10.0 Å². The summed E-state index contributed by atoms with van der Waals surface area (Å²) in [4.78, 5) is 2.51. The topological polar surface area (TPSA) is 38.5 Å². The molecular formula is C14H19ClN2OS. The number of thiocarbonyl (C=S) groups is 1. The first-order valence-corrected chi connectivity index (χ1v) is 7.28. The van der Waals surface area contributed by atoms with Crippen molar-refractivity contribution in [2.24, 2.45) is 5.73 Å². The van der Waals surface area contributed by atoms with Gasteiger partial charge in [0.25, 0.3) is 0 Å². The second-order valence-electron chi connectivity index (χ2n) is 4.89. The van der Waals surface area contributed by atoms with Crippen LogP contribution < -0.4 is 10.6 Å². The average molecular weight is 299 g/mol. The first-order chi connectivity index (χ1) is 9.08. The van der Waals surface area contributed by atoms with Crippen LogP contribution in [0.2, 0.25) is 5.02 Å². The summed E-state index contributed by atoms with van der Waals surface area (Å²) in [6.45, 7) is 1.71. The fourth-order valence-electron chi connectivity index (χ4n) is 2.39. The molecule has 1 saturated heterocycles. The van der Waals surface area contributed by atoms with E-state index in [1.165, 1.54) is 12.8 Å². The number of hydrogen-bond donors (Lipinski definition) is 1. The molecule has 1 unspecified atom stereocenters. The van der Waals surface area contributed by atoms with Gasteiger partial charge in [-0.3, -0.25) is 0 Å². The minimum absolute atomic E-state index is 0.286. The van der Waals surface area contributed by atoms with E-state index in [1.54, 1.807) is 0 Å². The molecule has 1 atom stereocenters. The van der Waals surface area contributed by atoms with E-state index in [2.05, 4.69) is 4.90 Å². The molecule has 0 aromatic heterocycles. The summed E-state index contributed by atoms with van der Waals surface area (Å²) in [6.07, 6.45) is 3.80. The number of benzene rings is 1. The van der Waals surface area contributed by atoms with Crippen molar-refractivity contribution in [1.29, 1.82) is 0 Å². The fourth-order valence-corrected chi connectivity index (χ4v) is 2.73. The van der Waals surface area contributed by atoms with Crippen LogP contribution in [0.3, 0.4) is 0 Å². The van der Waals surface area contributed by atoms with Crippen molar-refractivity contribution in [3.8, 4) is 0 Å². The molecule has 0 aliphatic carbocycles. The van der Waals surface area contributed by atoms with Crippen LogP contribution in [0.25, 0.3) is 0 Å². The van der Waals surface area contributed by atoms with Crippen molar-refractivity contribution in [3.63, 3.8) is 0 Å². The fraction of sp³-hybridized carbons (Fsp3) is 0.500. The van der Waals surface area contributed by atoms with Crippen LogP contribution in [0.4, 0.5) is 5.69 Å². The molecule has 1 aromatic carbocycles. The highest BCUT2D eigenvalue weighted by molar-refractivity contribution is 7.80. The minimum atomic E-state index is 0.286. The third-order valence-electron chi connectivity index (χ3n) is 3.39. The molecular weight excluding hydrogens is 280 g/mol. The van der Waals surface area contributed by atoms with Crippen LogP contribution in [0.15, 0.2) is 18.2 Å². The number of likely N-dealkylation sites (N-methyl/N-ethyl adjacent to an activating group) is 1. The zero-order valence-electron chi connectivity index (χ0n) is 11.1. The third-order valence-corrected chi connectivity index (χ3v) is 3.84. The van der Waals surface area contributed by atoms with Crippen LogP contribution in [0.5, 0.6) is 0 Å². The van der Waals surface area contributed by atoms with Crippen molar-refractivity contribution < 1.29 is 4.74 Å². The summed E-state index contributed by atoms with van der Waals surface area (Å²) in [6, 6.07) is 5.63. The second-order valence-corrected chi connectivity index (χ2v) is 5.77. The number of nitrogens with two attached hydrogens (primary N) is 1. The van der Waals surface area contributed by atoms with Gasteiger partial charge in [0.2, 0.25) is 0 Å². The van der Waals surface area contributed by atoms with E-state index >= 15 is 0 Å². The van der Waals surface area contributed by atoms with Gasteiger partial charge < -0.3 is 15.4 Å². The van der Waals surface area contributed by atoms with Crippen LogP contribution >= 0.6 is 23.8 Å². The van der Waals surface area contributed by atoms with Gasteiger partial charge >= 0.3 is 0 Å². The predicted molar refractivity (Wildman–Crippen MR) is 84.2 cm³/mol. The Morgan fingerprint density at radius 1 is 1.53 bits per heavy atom. The number of rotatable bonds is 4. The molecule has 3 nitrogen and oxygen atoms in total. The van der Waals surface area contributed by atoms with Crippen molar-refractivity contribution in [1.82, 2.24) is 0 Å². The highest BCUT2D eigenvalue weighted by atomic mass is 35.5. The molecule has 0 radical (unpaired) electrons. The Bertz CT molecular complexity index is 461. The minimum Gasteiger partial charge on any atom is -0.389 e. The standard InChI is InChI=1S/C14H19ClN2OS/c1-17(9-11-4-2-3-7-18-11)13-6-5-10(15)8-12(13)14(16)19/h5-6,8,11H,2-4,7,9H2,1H3,(H2,16,19). The summed E-state index contributed by atoms with van der Waals surface area (Å²) in [5.74, 6) is 0. The molecule has 1 heterocycles. The van der Waals surface area contributed by atoms with Crippen molar-refractivity contribution >= 4 is 34.5 Å². The van der Waals surface area contributed by atoms with Gasteiger partial charge in [0.15, 0.2) is 0 Å². The number of hydrogen-bond acceptors (Lipinski definition) is 3. The molecule has 0 amide bonds. The largest absolute Gasteiger partial charge is 0.389 e. The Balaban J connectivity index is 2.13. The van der Waals surface area contributed by atoms with Gasteiger partial charge in [-0.05, 0) is 37.5 Å². The summed E-state index contributed by atoms with van der Waals surface area (Å²) >= 11 is 11.1. The molecule has 1 aliphatic heterocycles. The molecule has 0 saturated carbocycles. The second kappa shape index (κ2) is 6.55. The van der Waals surface area contributed by atoms with E-state index in [1.807, 2.05) is 25.2 Å². The molecule has 0 spiro atoms. The van der Waals surface area contributed by atoms with Gasteiger partial charge in [0.05, 0.1) is 6.10 Å². The number of halogens is 1. The average Bonchev–Trinajstić information content (AvgIpc) is 2.39. The molecule has 5 heteroatoms.